The lowest BCUT2D eigenvalue weighted by molar-refractivity contribution is -0.150. The first-order valence-electron chi connectivity index (χ1n) is 8.79. The summed E-state index contributed by atoms with van der Waals surface area (Å²) in [5.41, 5.74) is -0.187. The first-order valence-corrected chi connectivity index (χ1v) is 8.79. The largest absolute Gasteiger partial charge is 0.371 e. The summed E-state index contributed by atoms with van der Waals surface area (Å²) >= 11 is 0. The van der Waals surface area contributed by atoms with Gasteiger partial charge in [0.2, 0.25) is 17.8 Å². The highest BCUT2D eigenvalue weighted by atomic mass is 19.3. The molecule has 136 valence electrons. The number of carbonyl (C=O) groups excluding carboxylic acids is 1. The summed E-state index contributed by atoms with van der Waals surface area (Å²) in [4.78, 5) is 22.5. The molecular formula is C17H22F2N4O2. The third-order valence-electron chi connectivity index (χ3n) is 5.60. The maximum atomic E-state index is 12.8. The van der Waals surface area contributed by atoms with Gasteiger partial charge in [-0.15, -0.1) is 0 Å². The molecule has 1 saturated carbocycles. The average Bonchev–Trinajstić information content (AvgIpc) is 2.95. The second-order valence-electron chi connectivity index (χ2n) is 7.34. The van der Waals surface area contributed by atoms with E-state index < -0.39 is 11.8 Å². The van der Waals surface area contributed by atoms with E-state index in [0.717, 1.165) is 32.5 Å². The maximum absolute atomic E-state index is 12.8. The normalized spacial score (nSPS) is 27.0. The number of amides is 1. The number of alkyl halides is 2. The second-order valence-corrected chi connectivity index (χ2v) is 7.34. The number of ether oxygens (including phenoxy) is 1. The van der Waals surface area contributed by atoms with Crippen molar-refractivity contribution >= 4 is 11.9 Å². The van der Waals surface area contributed by atoms with Crippen LogP contribution in [0.25, 0.3) is 0 Å². The lowest BCUT2D eigenvalue weighted by Crippen LogP contribution is -2.65. The van der Waals surface area contributed by atoms with Crippen molar-refractivity contribution in [2.75, 3.05) is 31.1 Å². The summed E-state index contributed by atoms with van der Waals surface area (Å²) in [6, 6.07) is 1.79. The third-order valence-corrected chi connectivity index (χ3v) is 5.60. The van der Waals surface area contributed by atoms with Crippen molar-refractivity contribution in [1.82, 2.24) is 15.3 Å². The zero-order chi connectivity index (χ0) is 17.5. The number of nitrogens with zero attached hydrogens (tertiary/aromatic N) is 3. The van der Waals surface area contributed by atoms with E-state index in [1.165, 1.54) is 0 Å². The first-order chi connectivity index (χ1) is 12.0. The summed E-state index contributed by atoms with van der Waals surface area (Å²) in [6.45, 7) is 2.74. The van der Waals surface area contributed by atoms with Crippen LogP contribution in [-0.4, -0.2) is 53.6 Å². The van der Waals surface area contributed by atoms with Gasteiger partial charge in [0.25, 0.3) is 0 Å². The quantitative estimate of drug-likeness (QED) is 0.872. The van der Waals surface area contributed by atoms with Gasteiger partial charge in [0.15, 0.2) is 0 Å². The minimum absolute atomic E-state index is 0.187. The van der Waals surface area contributed by atoms with Crippen LogP contribution in [0.5, 0.6) is 0 Å². The number of hydrogen-bond acceptors (Lipinski definition) is 5. The van der Waals surface area contributed by atoms with Crippen molar-refractivity contribution < 1.29 is 18.3 Å². The van der Waals surface area contributed by atoms with Gasteiger partial charge in [0, 0.05) is 44.3 Å². The molecule has 0 aromatic carbocycles. The van der Waals surface area contributed by atoms with E-state index in [1.807, 2.05) is 0 Å². The fourth-order valence-electron chi connectivity index (χ4n) is 4.10. The molecule has 1 aliphatic carbocycles. The Hall–Kier alpha value is -1.83. The lowest BCUT2D eigenvalue weighted by atomic mass is 9.78. The Morgan fingerprint density at radius 1 is 1.32 bits per heavy atom. The first kappa shape index (κ1) is 16.6. The third kappa shape index (κ3) is 3.19. The number of hydrogen-bond donors (Lipinski definition) is 1. The Morgan fingerprint density at radius 2 is 2.04 bits per heavy atom. The molecule has 1 amide bonds. The maximum Gasteiger partial charge on any atom is 0.249 e. The molecule has 1 aromatic heterocycles. The molecule has 3 fully saturated rings. The van der Waals surface area contributed by atoms with Gasteiger partial charge in [-0.05, 0) is 24.8 Å². The molecule has 3 aliphatic rings. The standard InChI is InChI=1S/C17H22F2N4O2/c18-17(19)8-12(9-17)14(24)20-6-2-13-3-7-25-16(13)10-23(11-16)15-21-4-1-5-22-15/h1,4-5,12-13H,2-3,6-11H2,(H,20,24)/t13-/m0/s1. The van der Waals surface area contributed by atoms with Crippen molar-refractivity contribution in [3.8, 4) is 0 Å². The highest BCUT2D eigenvalue weighted by Crippen LogP contribution is 2.43. The summed E-state index contributed by atoms with van der Waals surface area (Å²) in [6.07, 6.45) is 4.57. The predicted octanol–water partition coefficient (Wildman–Crippen LogP) is 1.62. The smallest absolute Gasteiger partial charge is 0.249 e. The average molecular weight is 352 g/mol. The molecule has 2 aliphatic heterocycles. The highest BCUT2D eigenvalue weighted by molar-refractivity contribution is 5.79. The van der Waals surface area contributed by atoms with E-state index in [0.29, 0.717) is 18.4 Å². The molecule has 2 saturated heterocycles. The van der Waals surface area contributed by atoms with Crippen LogP contribution in [0.2, 0.25) is 0 Å². The second kappa shape index (κ2) is 6.16. The molecule has 0 bridgehead atoms. The molecule has 4 rings (SSSR count). The summed E-state index contributed by atoms with van der Waals surface area (Å²) in [5.74, 6) is -2.36. The van der Waals surface area contributed by atoms with Gasteiger partial charge < -0.3 is 15.0 Å². The summed E-state index contributed by atoms with van der Waals surface area (Å²) < 4.78 is 31.7. The van der Waals surface area contributed by atoms with E-state index in [4.69, 9.17) is 4.74 Å². The van der Waals surface area contributed by atoms with Crippen LogP contribution in [0.4, 0.5) is 14.7 Å². The summed E-state index contributed by atoms with van der Waals surface area (Å²) in [7, 11) is 0. The van der Waals surface area contributed by atoms with Crippen LogP contribution < -0.4 is 10.2 Å². The van der Waals surface area contributed by atoms with Crippen LogP contribution in [0, 0.1) is 11.8 Å². The van der Waals surface area contributed by atoms with Crippen LogP contribution in [-0.2, 0) is 9.53 Å². The Balaban J connectivity index is 1.24. The molecule has 1 N–H and O–H groups in total. The summed E-state index contributed by atoms with van der Waals surface area (Å²) in [5, 5.41) is 2.81. The zero-order valence-electron chi connectivity index (χ0n) is 14.0. The molecular weight excluding hydrogens is 330 g/mol. The Labute approximate surface area is 145 Å². The topological polar surface area (TPSA) is 67.3 Å². The van der Waals surface area contributed by atoms with E-state index in [-0.39, 0.29) is 24.3 Å². The monoisotopic (exact) mass is 352 g/mol. The Bertz CT molecular complexity index is 629. The molecule has 25 heavy (non-hydrogen) atoms. The molecule has 1 spiro atoms. The van der Waals surface area contributed by atoms with E-state index in [1.54, 1.807) is 18.5 Å². The van der Waals surface area contributed by atoms with Crippen molar-refractivity contribution in [3.05, 3.63) is 18.5 Å². The SMILES string of the molecule is O=C(NCC[C@H]1CCOC12CN(c1ncccn1)C2)C1CC(F)(F)C1. The van der Waals surface area contributed by atoms with Crippen LogP contribution >= 0.6 is 0 Å². The molecule has 0 unspecified atom stereocenters. The number of halogens is 2. The van der Waals surface area contributed by atoms with Gasteiger partial charge in [-0.1, -0.05) is 0 Å². The molecule has 3 heterocycles. The number of aromatic nitrogens is 2. The molecule has 1 atom stereocenters. The molecule has 0 radical (unpaired) electrons. The number of nitrogens with one attached hydrogen (secondary N) is 1. The van der Waals surface area contributed by atoms with Gasteiger partial charge in [-0.3, -0.25) is 4.79 Å². The minimum Gasteiger partial charge on any atom is -0.371 e. The van der Waals surface area contributed by atoms with Gasteiger partial charge in [0.1, 0.15) is 5.60 Å². The zero-order valence-corrected chi connectivity index (χ0v) is 14.0. The number of anilines is 1. The molecule has 1 aromatic rings. The van der Waals surface area contributed by atoms with Crippen LogP contribution in [0.3, 0.4) is 0 Å². The van der Waals surface area contributed by atoms with Gasteiger partial charge in [-0.2, -0.15) is 0 Å². The van der Waals surface area contributed by atoms with E-state index in [2.05, 4.69) is 20.2 Å². The van der Waals surface area contributed by atoms with Gasteiger partial charge >= 0.3 is 0 Å². The molecule has 6 nitrogen and oxygen atoms in total. The Kier molecular flexibility index (Phi) is 4.10. The van der Waals surface area contributed by atoms with Crippen molar-refractivity contribution in [2.24, 2.45) is 11.8 Å². The van der Waals surface area contributed by atoms with Crippen molar-refractivity contribution in [2.45, 2.75) is 37.2 Å². The number of carbonyl (C=O) groups is 1. The fraction of sp³-hybridized carbons (Fsp3) is 0.706. The van der Waals surface area contributed by atoms with Gasteiger partial charge in [0.05, 0.1) is 13.1 Å². The Morgan fingerprint density at radius 3 is 2.72 bits per heavy atom. The van der Waals surface area contributed by atoms with E-state index >= 15 is 0 Å². The number of rotatable bonds is 5. The minimum atomic E-state index is -2.65. The highest BCUT2D eigenvalue weighted by Gasteiger charge is 2.53. The van der Waals surface area contributed by atoms with Gasteiger partial charge in [-0.25, -0.2) is 18.7 Å². The predicted molar refractivity (Wildman–Crippen MR) is 86.3 cm³/mol. The van der Waals surface area contributed by atoms with Crippen molar-refractivity contribution in [1.29, 1.82) is 0 Å². The van der Waals surface area contributed by atoms with E-state index in [9.17, 15) is 13.6 Å². The lowest BCUT2D eigenvalue weighted by Gasteiger charge is -2.50. The fourth-order valence-corrected chi connectivity index (χ4v) is 4.10. The molecule has 8 heteroatoms. The van der Waals surface area contributed by atoms with Crippen LogP contribution in [0.1, 0.15) is 25.7 Å². The van der Waals surface area contributed by atoms with Crippen LogP contribution in [0.15, 0.2) is 18.5 Å². The van der Waals surface area contributed by atoms with Crippen molar-refractivity contribution in [3.63, 3.8) is 0 Å².